The number of hydrogen-bond acceptors (Lipinski definition) is 3. The Labute approximate surface area is 135 Å². The molecule has 0 bridgehead atoms. The lowest BCUT2D eigenvalue weighted by atomic mass is 10.1. The molecule has 2 rings (SSSR count). The summed E-state index contributed by atoms with van der Waals surface area (Å²) in [7, 11) is 0. The number of likely N-dealkylation sites (tertiary alicyclic amines) is 1. The van der Waals surface area contributed by atoms with Crippen molar-refractivity contribution in [1.29, 1.82) is 0 Å². The SMILES string of the molecule is Cc1cc(Br)c(OC2CCN(C(=O)C(C)C)CC2)nc1C. The van der Waals surface area contributed by atoms with Crippen molar-refractivity contribution in [3.05, 3.63) is 21.8 Å². The first-order chi connectivity index (χ1) is 9.88. The standard InChI is InChI=1S/C16H23BrN2O2/c1-10(2)16(20)19-7-5-13(6-8-19)21-15-14(17)9-11(3)12(4)18-15/h9-10,13H,5-8H2,1-4H3. The van der Waals surface area contributed by atoms with E-state index in [0.29, 0.717) is 5.88 Å². The van der Waals surface area contributed by atoms with Gasteiger partial charge in [0.1, 0.15) is 6.10 Å². The number of carbonyl (C=O) groups excluding carboxylic acids is 1. The van der Waals surface area contributed by atoms with Gasteiger partial charge in [-0.15, -0.1) is 0 Å². The summed E-state index contributed by atoms with van der Waals surface area (Å²) >= 11 is 3.51. The summed E-state index contributed by atoms with van der Waals surface area (Å²) in [5, 5.41) is 0. The highest BCUT2D eigenvalue weighted by molar-refractivity contribution is 9.10. The first-order valence-corrected chi connectivity index (χ1v) is 8.27. The van der Waals surface area contributed by atoms with E-state index in [2.05, 4.69) is 20.9 Å². The molecule has 1 aliphatic rings. The fourth-order valence-electron chi connectivity index (χ4n) is 2.45. The monoisotopic (exact) mass is 354 g/mol. The van der Waals surface area contributed by atoms with Gasteiger partial charge < -0.3 is 9.64 Å². The maximum absolute atomic E-state index is 12.0. The zero-order valence-corrected chi connectivity index (χ0v) is 14.7. The Hall–Kier alpha value is -1.10. The van der Waals surface area contributed by atoms with Crippen LogP contribution in [0.1, 0.15) is 37.9 Å². The Morgan fingerprint density at radius 1 is 1.38 bits per heavy atom. The van der Waals surface area contributed by atoms with Crippen molar-refractivity contribution in [2.75, 3.05) is 13.1 Å². The molecule has 1 fully saturated rings. The molecule has 1 aliphatic heterocycles. The van der Waals surface area contributed by atoms with E-state index in [-0.39, 0.29) is 17.9 Å². The summed E-state index contributed by atoms with van der Waals surface area (Å²) in [6.45, 7) is 9.45. The summed E-state index contributed by atoms with van der Waals surface area (Å²) in [6.07, 6.45) is 1.85. The van der Waals surface area contributed by atoms with Crippen LogP contribution in [0.5, 0.6) is 5.88 Å². The zero-order valence-electron chi connectivity index (χ0n) is 13.1. The fraction of sp³-hybridized carbons (Fsp3) is 0.625. The second-order valence-corrected chi connectivity index (χ2v) is 6.83. The van der Waals surface area contributed by atoms with Crippen molar-refractivity contribution in [2.45, 2.75) is 46.6 Å². The van der Waals surface area contributed by atoms with Gasteiger partial charge in [-0.1, -0.05) is 13.8 Å². The van der Waals surface area contributed by atoms with Gasteiger partial charge in [0, 0.05) is 37.5 Å². The number of ether oxygens (including phenoxy) is 1. The minimum Gasteiger partial charge on any atom is -0.473 e. The first kappa shape index (κ1) is 16.3. The average molecular weight is 355 g/mol. The molecule has 116 valence electrons. The second-order valence-electron chi connectivity index (χ2n) is 5.97. The van der Waals surface area contributed by atoms with Gasteiger partial charge in [-0.3, -0.25) is 4.79 Å². The highest BCUT2D eigenvalue weighted by Gasteiger charge is 2.26. The van der Waals surface area contributed by atoms with Gasteiger partial charge in [-0.25, -0.2) is 4.98 Å². The van der Waals surface area contributed by atoms with Crippen LogP contribution in [0, 0.1) is 19.8 Å². The molecule has 0 N–H and O–H groups in total. The molecule has 0 atom stereocenters. The van der Waals surface area contributed by atoms with E-state index in [9.17, 15) is 4.79 Å². The minimum absolute atomic E-state index is 0.0676. The van der Waals surface area contributed by atoms with Crippen molar-refractivity contribution >= 4 is 21.8 Å². The molecule has 2 heterocycles. The molecule has 5 heteroatoms. The predicted molar refractivity (Wildman–Crippen MR) is 86.5 cm³/mol. The number of carbonyl (C=O) groups is 1. The molecule has 0 aromatic carbocycles. The van der Waals surface area contributed by atoms with E-state index in [4.69, 9.17) is 4.74 Å². The summed E-state index contributed by atoms with van der Waals surface area (Å²) < 4.78 is 6.91. The predicted octanol–water partition coefficient (Wildman–Crippen LogP) is 3.49. The highest BCUT2D eigenvalue weighted by atomic mass is 79.9. The number of halogens is 1. The molecule has 0 unspecified atom stereocenters. The van der Waals surface area contributed by atoms with Crippen LogP contribution in [0.15, 0.2) is 10.5 Å². The van der Waals surface area contributed by atoms with Crippen molar-refractivity contribution in [2.24, 2.45) is 5.92 Å². The summed E-state index contributed by atoms with van der Waals surface area (Å²) in [6, 6.07) is 2.04. The van der Waals surface area contributed by atoms with Crippen LogP contribution >= 0.6 is 15.9 Å². The van der Waals surface area contributed by atoms with E-state index in [1.807, 2.05) is 38.7 Å². The average Bonchev–Trinajstić information content (AvgIpc) is 2.44. The third kappa shape index (κ3) is 3.96. The number of nitrogens with zero attached hydrogens (tertiary/aromatic N) is 2. The lowest BCUT2D eigenvalue weighted by molar-refractivity contribution is -0.136. The van der Waals surface area contributed by atoms with E-state index in [1.54, 1.807) is 0 Å². The van der Waals surface area contributed by atoms with Crippen molar-refractivity contribution < 1.29 is 9.53 Å². The van der Waals surface area contributed by atoms with E-state index in [1.165, 1.54) is 0 Å². The van der Waals surface area contributed by atoms with Crippen LogP contribution < -0.4 is 4.74 Å². The van der Waals surface area contributed by atoms with Crippen LogP contribution in [-0.2, 0) is 4.79 Å². The molecular formula is C16H23BrN2O2. The Balaban J connectivity index is 1.95. The van der Waals surface area contributed by atoms with Crippen molar-refractivity contribution in [3.63, 3.8) is 0 Å². The summed E-state index contributed by atoms with van der Waals surface area (Å²) in [5.74, 6) is 0.962. The molecule has 21 heavy (non-hydrogen) atoms. The molecule has 0 aliphatic carbocycles. The molecular weight excluding hydrogens is 332 g/mol. The van der Waals surface area contributed by atoms with E-state index >= 15 is 0 Å². The van der Waals surface area contributed by atoms with Crippen LogP contribution in [0.2, 0.25) is 0 Å². The van der Waals surface area contributed by atoms with Gasteiger partial charge in [0.05, 0.1) is 4.47 Å². The number of pyridine rings is 1. The van der Waals surface area contributed by atoms with Crippen LogP contribution in [0.3, 0.4) is 0 Å². The van der Waals surface area contributed by atoms with Gasteiger partial charge in [-0.05, 0) is 41.4 Å². The molecule has 1 amide bonds. The molecule has 0 radical (unpaired) electrons. The number of piperidine rings is 1. The smallest absolute Gasteiger partial charge is 0.228 e. The third-order valence-electron chi connectivity index (χ3n) is 3.91. The number of rotatable bonds is 3. The minimum atomic E-state index is 0.0676. The van der Waals surface area contributed by atoms with E-state index in [0.717, 1.165) is 41.7 Å². The largest absolute Gasteiger partial charge is 0.473 e. The molecule has 0 spiro atoms. The van der Waals surface area contributed by atoms with Crippen LogP contribution in [0.25, 0.3) is 0 Å². The molecule has 1 aromatic rings. The maximum Gasteiger partial charge on any atom is 0.228 e. The lowest BCUT2D eigenvalue weighted by Crippen LogP contribution is -2.43. The molecule has 4 nitrogen and oxygen atoms in total. The van der Waals surface area contributed by atoms with Gasteiger partial charge in [-0.2, -0.15) is 0 Å². The topological polar surface area (TPSA) is 42.4 Å². The summed E-state index contributed by atoms with van der Waals surface area (Å²) in [5.41, 5.74) is 2.13. The van der Waals surface area contributed by atoms with Gasteiger partial charge in [0.2, 0.25) is 11.8 Å². The zero-order chi connectivity index (χ0) is 15.6. The van der Waals surface area contributed by atoms with Crippen LogP contribution in [0.4, 0.5) is 0 Å². The summed E-state index contributed by atoms with van der Waals surface area (Å²) in [4.78, 5) is 18.4. The van der Waals surface area contributed by atoms with Crippen molar-refractivity contribution in [3.8, 4) is 5.88 Å². The van der Waals surface area contributed by atoms with Gasteiger partial charge in [0.15, 0.2) is 0 Å². The number of aryl methyl sites for hydroxylation is 2. The van der Waals surface area contributed by atoms with E-state index < -0.39 is 0 Å². The molecule has 1 saturated heterocycles. The van der Waals surface area contributed by atoms with Crippen LogP contribution in [-0.4, -0.2) is 35.0 Å². The second kappa shape index (κ2) is 6.77. The Bertz CT molecular complexity index is 523. The van der Waals surface area contributed by atoms with Crippen molar-refractivity contribution in [1.82, 2.24) is 9.88 Å². The van der Waals surface area contributed by atoms with Gasteiger partial charge in [0.25, 0.3) is 0 Å². The quantitative estimate of drug-likeness (QED) is 0.834. The maximum atomic E-state index is 12.0. The number of hydrogen-bond donors (Lipinski definition) is 0. The fourth-order valence-corrected chi connectivity index (χ4v) is 2.98. The Morgan fingerprint density at radius 3 is 2.57 bits per heavy atom. The molecule has 1 aromatic heterocycles. The highest BCUT2D eigenvalue weighted by Crippen LogP contribution is 2.27. The Kier molecular flexibility index (Phi) is 5.25. The molecule has 0 saturated carbocycles. The van der Waals surface area contributed by atoms with Gasteiger partial charge >= 0.3 is 0 Å². The number of aromatic nitrogens is 1. The number of amides is 1. The Morgan fingerprint density at radius 2 is 2.00 bits per heavy atom. The first-order valence-electron chi connectivity index (χ1n) is 7.47. The third-order valence-corrected chi connectivity index (χ3v) is 4.48. The normalized spacial score (nSPS) is 16.4. The lowest BCUT2D eigenvalue weighted by Gasteiger charge is -2.33.